The Bertz CT molecular complexity index is 709. The molecule has 6 nitrogen and oxygen atoms in total. The molecule has 0 aliphatic carbocycles. The molecule has 27 heavy (non-hydrogen) atoms. The lowest BCUT2D eigenvalue weighted by molar-refractivity contribution is -0.142. The van der Waals surface area contributed by atoms with Crippen LogP contribution in [-0.4, -0.2) is 46.9 Å². The van der Waals surface area contributed by atoms with Gasteiger partial charge in [0, 0.05) is 18.7 Å². The maximum Gasteiger partial charge on any atom is 0.326 e. The summed E-state index contributed by atoms with van der Waals surface area (Å²) >= 11 is 0. The number of aryl methyl sites for hydroxylation is 2. The van der Waals surface area contributed by atoms with Gasteiger partial charge in [-0.05, 0) is 51.7 Å². The minimum absolute atomic E-state index is 0.0826. The Morgan fingerprint density at radius 3 is 2.56 bits per heavy atom. The van der Waals surface area contributed by atoms with E-state index >= 15 is 0 Å². The Kier molecular flexibility index (Phi) is 7.16. The Morgan fingerprint density at radius 2 is 1.96 bits per heavy atom. The molecule has 2 unspecified atom stereocenters. The average Bonchev–Trinajstić information content (AvgIpc) is 2.63. The molecule has 1 aliphatic rings. The summed E-state index contributed by atoms with van der Waals surface area (Å²) in [5.74, 6) is -1.83. The molecule has 2 atom stereocenters. The third-order valence-corrected chi connectivity index (χ3v) is 4.82. The van der Waals surface area contributed by atoms with Gasteiger partial charge in [-0.1, -0.05) is 23.3 Å². The molecule has 0 radical (unpaired) electrons. The van der Waals surface area contributed by atoms with Crippen molar-refractivity contribution in [1.29, 1.82) is 0 Å². The zero-order chi connectivity index (χ0) is 20.0. The number of aliphatic carboxylic acids is 1. The normalized spacial score (nSPS) is 17.9. The number of amides is 2. The third kappa shape index (κ3) is 5.67. The predicted molar refractivity (Wildman–Crippen MR) is 104 cm³/mol. The van der Waals surface area contributed by atoms with Gasteiger partial charge < -0.3 is 15.3 Å². The number of carboxylic acid groups (broad SMARTS) is 1. The highest BCUT2D eigenvalue weighted by molar-refractivity contribution is 5.95. The number of carboxylic acids is 1. The van der Waals surface area contributed by atoms with Gasteiger partial charge >= 0.3 is 5.97 Å². The monoisotopic (exact) mass is 372 g/mol. The Morgan fingerprint density at radius 1 is 1.30 bits per heavy atom. The van der Waals surface area contributed by atoms with Crippen LogP contribution < -0.4 is 5.32 Å². The zero-order valence-corrected chi connectivity index (χ0v) is 16.0. The summed E-state index contributed by atoms with van der Waals surface area (Å²) < 4.78 is 0. The Labute approximate surface area is 160 Å². The largest absolute Gasteiger partial charge is 0.480 e. The highest BCUT2D eigenvalue weighted by Gasteiger charge is 2.31. The van der Waals surface area contributed by atoms with Gasteiger partial charge in [0.05, 0.1) is 5.92 Å². The molecule has 146 valence electrons. The number of carbonyl (C=O) groups excluding carboxylic acids is 2. The second-order valence-electron chi connectivity index (χ2n) is 7.23. The number of piperidine rings is 1. The van der Waals surface area contributed by atoms with Gasteiger partial charge in [0.15, 0.2) is 0 Å². The van der Waals surface area contributed by atoms with Gasteiger partial charge in [0.25, 0.3) is 5.91 Å². The predicted octanol–water partition coefficient (Wildman–Crippen LogP) is 2.69. The summed E-state index contributed by atoms with van der Waals surface area (Å²) in [7, 11) is 0. The molecular formula is C21H28N2O4. The number of likely N-dealkylation sites (tertiary alicyclic amines) is 1. The number of hydrogen-bond donors (Lipinski definition) is 2. The quantitative estimate of drug-likeness (QED) is 0.721. The smallest absolute Gasteiger partial charge is 0.326 e. The van der Waals surface area contributed by atoms with Crippen LogP contribution in [0.1, 0.15) is 47.2 Å². The summed E-state index contributed by atoms with van der Waals surface area (Å²) in [6.07, 6.45) is 3.82. The molecule has 2 N–H and O–H groups in total. The van der Waals surface area contributed by atoms with Gasteiger partial charge in [0.2, 0.25) is 5.91 Å². The highest BCUT2D eigenvalue weighted by Crippen LogP contribution is 2.20. The van der Waals surface area contributed by atoms with Gasteiger partial charge in [-0.2, -0.15) is 0 Å². The van der Waals surface area contributed by atoms with Crippen molar-refractivity contribution in [2.75, 3.05) is 13.1 Å². The molecule has 1 heterocycles. The van der Waals surface area contributed by atoms with E-state index in [4.69, 9.17) is 0 Å². The van der Waals surface area contributed by atoms with E-state index in [2.05, 4.69) is 11.9 Å². The molecule has 0 saturated carbocycles. The van der Waals surface area contributed by atoms with E-state index in [9.17, 15) is 19.5 Å². The van der Waals surface area contributed by atoms with Crippen molar-refractivity contribution in [2.24, 2.45) is 5.92 Å². The molecule has 0 spiro atoms. The van der Waals surface area contributed by atoms with Gasteiger partial charge in [-0.25, -0.2) is 4.79 Å². The van der Waals surface area contributed by atoms with E-state index < -0.39 is 12.0 Å². The van der Waals surface area contributed by atoms with Crippen molar-refractivity contribution >= 4 is 17.8 Å². The standard InChI is InChI=1S/C21H28N2O4/c1-4-5-8-18(21(26)27)22-19(24)16-7-6-9-23(13-16)20(25)17-11-14(2)10-15(3)12-17/h4,10-12,16,18H,1,5-9,13H2,2-3H3,(H,22,24)(H,26,27). The topological polar surface area (TPSA) is 86.7 Å². The van der Waals surface area contributed by atoms with Crippen molar-refractivity contribution in [3.05, 3.63) is 47.5 Å². The lowest BCUT2D eigenvalue weighted by Crippen LogP contribution is -2.49. The van der Waals surface area contributed by atoms with E-state index in [0.717, 1.165) is 17.5 Å². The molecule has 1 fully saturated rings. The number of allylic oxidation sites excluding steroid dienone is 1. The van der Waals surface area contributed by atoms with Crippen LogP contribution in [-0.2, 0) is 9.59 Å². The van der Waals surface area contributed by atoms with E-state index in [0.29, 0.717) is 37.9 Å². The van der Waals surface area contributed by atoms with Crippen LogP contribution in [0.5, 0.6) is 0 Å². The number of carbonyl (C=O) groups is 3. The second-order valence-corrected chi connectivity index (χ2v) is 7.23. The fourth-order valence-corrected chi connectivity index (χ4v) is 3.49. The molecule has 1 aliphatic heterocycles. The fraction of sp³-hybridized carbons (Fsp3) is 0.476. The number of nitrogens with zero attached hydrogens (tertiary/aromatic N) is 1. The third-order valence-electron chi connectivity index (χ3n) is 4.82. The fourth-order valence-electron chi connectivity index (χ4n) is 3.49. The van der Waals surface area contributed by atoms with Crippen molar-refractivity contribution in [3.63, 3.8) is 0 Å². The summed E-state index contributed by atoms with van der Waals surface area (Å²) in [4.78, 5) is 38.4. The van der Waals surface area contributed by atoms with Gasteiger partial charge in [0.1, 0.15) is 6.04 Å². The number of rotatable bonds is 7. The maximum absolute atomic E-state index is 12.8. The summed E-state index contributed by atoms with van der Waals surface area (Å²) in [5.41, 5.74) is 2.68. The molecule has 1 aromatic carbocycles. The van der Waals surface area contributed by atoms with E-state index in [1.165, 1.54) is 0 Å². The van der Waals surface area contributed by atoms with E-state index in [1.807, 2.05) is 32.0 Å². The van der Waals surface area contributed by atoms with E-state index in [1.54, 1.807) is 11.0 Å². The molecular weight excluding hydrogens is 344 g/mol. The van der Waals surface area contributed by atoms with Crippen molar-refractivity contribution in [1.82, 2.24) is 10.2 Å². The molecule has 0 aromatic heterocycles. The van der Waals surface area contributed by atoms with Gasteiger partial charge in [-0.15, -0.1) is 6.58 Å². The molecule has 1 saturated heterocycles. The van der Waals surface area contributed by atoms with Crippen LogP contribution in [0.25, 0.3) is 0 Å². The molecule has 6 heteroatoms. The molecule has 1 aromatic rings. The molecule has 2 rings (SSSR count). The summed E-state index contributed by atoms with van der Waals surface area (Å²) in [5, 5.41) is 11.9. The summed E-state index contributed by atoms with van der Waals surface area (Å²) in [6.45, 7) is 8.40. The van der Waals surface area contributed by atoms with E-state index in [-0.39, 0.29) is 17.7 Å². The van der Waals surface area contributed by atoms with Crippen molar-refractivity contribution in [2.45, 2.75) is 45.6 Å². The first-order valence-corrected chi connectivity index (χ1v) is 9.33. The minimum Gasteiger partial charge on any atom is -0.480 e. The lowest BCUT2D eigenvalue weighted by atomic mass is 9.95. The average molecular weight is 372 g/mol. The van der Waals surface area contributed by atoms with Crippen molar-refractivity contribution < 1.29 is 19.5 Å². The van der Waals surface area contributed by atoms with Crippen LogP contribution in [0.15, 0.2) is 30.9 Å². The zero-order valence-electron chi connectivity index (χ0n) is 16.0. The maximum atomic E-state index is 12.8. The second kappa shape index (κ2) is 9.35. The first-order chi connectivity index (χ1) is 12.8. The first-order valence-electron chi connectivity index (χ1n) is 9.33. The number of hydrogen-bond acceptors (Lipinski definition) is 3. The molecule has 0 bridgehead atoms. The van der Waals surface area contributed by atoms with Gasteiger partial charge in [-0.3, -0.25) is 9.59 Å². The number of nitrogens with one attached hydrogen (secondary N) is 1. The Balaban J connectivity index is 2.03. The summed E-state index contributed by atoms with van der Waals surface area (Å²) in [6, 6.07) is 4.79. The van der Waals surface area contributed by atoms with Crippen LogP contribution in [0.4, 0.5) is 0 Å². The Hall–Kier alpha value is -2.63. The number of benzene rings is 1. The SMILES string of the molecule is C=CCCC(NC(=O)C1CCCN(C(=O)c2cc(C)cc(C)c2)C1)C(=O)O. The highest BCUT2D eigenvalue weighted by atomic mass is 16.4. The minimum atomic E-state index is -1.05. The molecule has 2 amide bonds. The first kappa shape index (κ1) is 20.7. The van der Waals surface area contributed by atoms with Crippen LogP contribution >= 0.6 is 0 Å². The van der Waals surface area contributed by atoms with Crippen molar-refractivity contribution in [3.8, 4) is 0 Å². The lowest BCUT2D eigenvalue weighted by Gasteiger charge is -2.32. The van der Waals surface area contributed by atoms with Crippen LogP contribution in [0.2, 0.25) is 0 Å². The van der Waals surface area contributed by atoms with Crippen LogP contribution in [0.3, 0.4) is 0 Å². The van der Waals surface area contributed by atoms with Crippen LogP contribution in [0, 0.1) is 19.8 Å².